The maximum absolute atomic E-state index is 12.2. The van der Waals surface area contributed by atoms with Gasteiger partial charge in [0.1, 0.15) is 5.41 Å². The van der Waals surface area contributed by atoms with E-state index >= 15 is 0 Å². The molecule has 102 valence electrons. The van der Waals surface area contributed by atoms with Gasteiger partial charge in [-0.1, -0.05) is 19.0 Å². The fourth-order valence-electron chi connectivity index (χ4n) is 3.01. The van der Waals surface area contributed by atoms with Gasteiger partial charge in [0.15, 0.2) is 5.84 Å². The Morgan fingerprint density at radius 3 is 2.56 bits per heavy atom. The molecule has 4 N–H and O–H groups in total. The predicted molar refractivity (Wildman–Crippen MR) is 69.2 cm³/mol. The summed E-state index contributed by atoms with van der Waals surface area (Å²) >= 11 is 0. The van der Waals surface area contributed by atoms with Crippen molar-refractivity contribution in [2.45, 2.75) is 52.0 Å². The van der Waals surface area contributed by atoms with Gasteiger partial charge < -0.3 is 16.3 Å². The smallest absolute Gasteiger partial charge is 0.234 e. The number of nitrogens with zero attached hydrogens (tertiary/aromatic N) is 1. The number of carbonyl (C=O) groups is 1. The molecule has 2 rings (SSSR count). The minimum atomic E-state index is -0.725. The molecule has 2 aliphatic carbocycles. The zero-order valence-electron chi connectivity index (χ0n) is 11.1. The van der Waals surface area contributed by atoms with E-state index in [0.717, 1.165) is 25.2 Å². The van der Waals surface area contributed by atoms with Gasteiger partial charge in [-0.15, -0.1) is 0 Å². The maximum atomic E-state index is 12.2. The number of oxime groups is 1. The summed E-state index contributed by atoms with van der Waals surface area (Å²) in [6.07, 6.45) is 4.71. The highest BCUT2D eigenvalue weighted by atomic mass is 16.4. The van der Waals surface area contributed by atoms with Crippen molar-refractivity contribution < 1.29 is 10.0 Å². The van der Waals surface area contributed by atoms with Crippen LogP contribution in [0, 0.1) is 17.3 Å². The quantitative estimate of drug-likeness (QED) is 0.308. The molecule has 5 heteroatoms. The van der Waals surface area contributed by atoms with E-state index in [4.69, 9.17) is 10.9 Å². The van der Waals surface area contributed by atoms with Crippen LogP contribution in [-0.4, -0.2) is 23.0 Å². The van der Waals surface area contributed by atoms with Crippen LogP contribution in [0.1, 0.15) is 46.0 Å². The van der Waals surface area contributed by atoms with Gasteiger partial charge >= 0.3 is 0 Å². The Hall–Kier alpha value is -1.26. The molecule has 0 aliphatic heterocycles. The second kappa shape index (κ2) is 4.78. The Morgan fingerprint density at radius 1 is 1.39 bits per heavy atom. The van der Waals surface area contributed by atoms with Crippen molar-refractivity contribution in [3.8, 4) is 0 Å². The lowest BCUT2D eigenvalue weighted by Gasteiger charge is -2.34. The summed E-state index contributed by atoms with van der Waals surface area (Å²) < 4.78 is 0. The second-order valence-corrected chi connectivity index (χ2v) is 6.04. The highest BCUT2D eigenvalue weighted by molar-refractivity contribution is 6.09. The van der Waals surface area contributed by atoms with Gasteiger partial charge in [0.05, 0.1) is 0 Å². The SMILES string of the molecule is CC1CCC(NC(=O)C2(C(N)=NO)CC2)C(C)C1. The van der Waals surface area contributed by atoms with Crippen molar-refractivity contribution in [3.63, 3.8) is 0 Å². The van der Waals surface area contributed by atoms with Crippen LogP contribution in [0.25, 0.3) is 0 Å². The van der Waals surface area contributed by atoms with Gasteiger partial charge in [-0.05, 0) is 43.9 Å². The lowest BCUT2D eigenvalue weighted by Crippen LogP contribution is -2.48. The topological polar surface area (TPSA) is 87.7 Å². The van der Waals surface area contributed by atoms with Crippen LogP contribution in [0.5, 0.6) is 0 Å². The van der Waals surface area contributed by atoms with Crippen LogP contribution < -0.4 is 11.1 Å². The van der Waals surface area contributed by atoms with E-state index in [-0.39, 0.29) is 17.8 Å². The zero-order chi connectivity index (χ0) is 13.3. The van der Waals surface area contributed by atoms with Crippen LogP contribution in [0.4, 0.5) is 0 Å². The molecular weight excluding hydrogens is 230 g/mol. The molecule has 0 radical (unpaired) electrons. The summed E-state index contributed by atoms with van der Waals surface area (Å²) in [5, 5.41) is 14.8. The molecule has 0 bridgehead atoms. The standard InChI is InChI=1S/C13H23N3O2/c1-8-3-4-10(9(2)7-8)15-12(17)13(5-6-13)11(14)16-18/h8-10,18H,3-7H2,1-2H3,(H2,14,16)(H,15,17). The van der Waals surface area contributed by atoms with Crippen molar-refractivity contribution >= 4 is 11.7 Å². The molecule has 2 saturated carbocycles. The summed E-state index contributed by atoms with van der Waals surface area (Å²) in [7, 11) is 0. The van der Waals surface area contributed by atoms with Gasteiger partial charge in [-0.25, -0.2) is 0 Å². The van der Waals surface area contributed by atoms with Crippen LogP contribution in [0.2, 0.25) is 0 Å². The number of nitrogens with two attached hydrogens (primary N) is 1. The van der Waals surface area contributed by atoms with Gasteiger partial charge in [0, 0.05) is 6.04 Å². The van der Waals surface area contributed by atoms with E-state index in [2.05, 4.69) is 24.3 Å². The van der Waals surface area contributed by atoms with E-state index in [0.29, 0.717) is 18.8 Å². The first kappa shape index (κ1) is 13.2. The molecule has 0 aromatic heterocycles. The number of nitrogens with one attached hydrogen (secondary N) is 1. The molecule has 3 atom stereocenters. The van der Waals surface area contributed by atoms with E-state index in [1.165, 1.54) is 0 Å². The Kier molecular flexibility index (Phi) is 3.50. The number of rotatable bonds is 3. The Labute approximate surface area is 108 Å². The lowest BCUT2D eigenvalue weighted by atomic mass is 9.79. The molecule has 5 nitrogen and oxygen atoms in total. The number of amidine groups is 1. The molecule has 2 aliphatic rings. The van der Waals surface area contributed by atoms with Gasteiger partial charge in [-0.3, -0.25) is 4.79 Å². The lowest BCUT2D eigenvalue weighted by molar-refractivity contribution is -0.125. The molecule has 0 heterocycles. The molecule has 1 amide bonds. The largest absolute Gasteiger partial charge is 0.409 e. The van der Waals surface area contributed by atoms with Crippen LogP contribution >= 0.6 is 0 Å². The summed E-state index contributed by atoms with van der Waals surface area (Å²) in [5.41, 5.74) is 4.89. The number of carbonyl (C=O) groups excluding carboxylic acids is 1. The fraction of sp³-hybridized carbons (Fsp3) is 0.846. The molecule has 0 aromatic carbocycles. The highest BCUT2D eigenvalue weighted by Crippen LogP contribution is 2.46. The number of hydrogen-bond acceptors (Lipinski definition) is 3. The molecule has 0 spiro atoms. The van der Waals surface area contributed by atoms with Crippen molar-refractivity contribution in [2.75, 3.05) is 0 Å². The van der Waals surface area contributed by atoms with Crippen molar-refractivity contribution in [1.82, 2.24) is 5.32 Å². The first-order valence-corrected chi connectivity index (χ1v) is 6.78. The Bertz CT molecular complexity index is 363. The van der Waals surface area contributed by atoms with Crippen molar-refractivity contribution in [1.29, 1.82) is 0 Å². The minimum Gasteiger partial charge on any atom is -0.409 e. The monoisotopic (exact) mass is 253 g/mol. The highest BCUT2D eigenvalue weighted by Gasteiger charge is 2.54. The normalized spacial score (nSPS) is 35.0. The first-order valence-electron chi connectivity index (χ1n) is 6.78. The molecule has 2 fully saturated rings. The van der Waals surface area contributed by atoms with Crippen LogP contribution in [0.15, 0.2) is 5.16 Å². The molecule has 0 aromatic rings. The van der Waals surface area contributed by atoms with Gasteiger partial charge in [-0.2, -0.15) is 0 Å². The third-order valence-electron chi connectivity index (χ3n) is 4.53. The van der Waals surface area contributed by atoms with Crippen LogP contribution in [0.3, 0.4) is 0 Å². The minimum absolute atomic E-state index is 0.0526. The average Bonchev–Trinajstić information content (AvgIpc) is 3.13. The predicted octanol–water partition coefficient (Wildman–Crippen LogP) is 1.45. The summed E-state index contributed by atoms with van der Waals surface area (Å²) in [4.78, 5) is 12.2. The molecule has 0 saturated heterocycles. The average molecular weight is 253 g/mol. The molecule has 3 unspecified atom stereocenters. The Morgan fingerprint density at radius 2 is 2.06 bits per heavy atom. The van der Waals surface area contributed by atoms with Gasteiger partial charge in [0.2, 0.25) is 5.91 Å². The summed E-state index contributed by atoms with van der Waals surface area (Å²) in [6.45, 7) is 4.44. The first-order chi connectivity index (χ1) is 8.49. The third-order valence-corrected chi connectivity index (χ3v) is 4.53. The van der Waals surface area contributed by atoms with Gasteiger partial charge in [0.25, 0.3) is 0 Å². The van der Waals surface area contributed by atoms with E-state index in [1.54, 1.807) is 0 Å². The third kappa shape index (κ3) is 2.31. The number of hydrogen-bond donors (Lipinski definition) is 3. The van der Waals surface area contributed by atoms with E-state index in [9.17, 15) is 4.79 Å². The van der Waals surface area contributed by atoms with E-state index in [1.807, 2.05) is 0 Å². The second-order valence-electron chi connectivity index (χ2n) is 6.04. The Balaban J connectivity index is 1.96. The zero-order valence-corrected chi connectivity index (χ0v) is 11.1. The molecule has 18 heavy (non-hydrogen) atoms. The summed E-state index contributed by atoms with van der Waals surface area (Å²) in [5.74, 6) is 1.23. The fourth-order valence-corrected chi connectivity index (χ4v) is 3.01. The molecular formula is C13H23N3O2. The van der Waals surface area contributed by atoms with E-state index < -0.39 is 5.41 Å². The van der Waals surface area contributed by atoms with Crippen LogP contribution in [-0.2, 0) is 4.79 Å². The van der Waals surface area contributed by atoms with Crippen molar-refractivity contribution in [3.05, 3.63) is 0 Å². The maximum Gasteiger partial charge on any atom is 0.234 e. The number of amides is 1. The summed E-state index contributed by atoms with van der Waals surface area (Å²) in [6, 6.07) is 0.234. The van der Waals surface area contributed by atoms with Crippen molar-refractivity contribution in [2.24, 2.45) is 28.1 Å².